The van der Waals surface area contributed by atoms with Crippen molar-refractivity contribution in [2.75, 3.05) is 0 Å². The highest BCUT2D eigenvalue weighted by Gasteiger charge is 2.18. The van der Waals surface area contributed by atoms with Crippen molar-refractivity contribution in [3.05, 3.63) is 475 Å². The van der Waals surface area contributed by atoms with Gasteiger partial charge in [-0.3, -0.25) is 0 Å². The predicted octanol–water partition coefficient (Wildman–Crippen LogP) is 31.4. The summed E-state index contributed by atoms with van der Waals surface area (Å²) in [5, 5.41) is 9.18. The van der Waals surface area contributed by atoms with Gasteiger partial charge in [-0.25, -0.2) is 44.9 Å². The van der Waals surface area contributed by atoms with Crippen molar-refractivity contribution in [3.8, 4) is 146 Å². The van der Waals surface area contributed by atoms with Crippen molar-refractivity contribution < 1.29 is 0 Å². The fourth-order valence-electron chi connectivity index (χ4n) is 14.7. The summed E-state index contributed by atoms with van der Waals surface area (Å²) < 4.78 is 0. The van der Waals surface area contributed by atoms with Gasteiger partial charge >= 0.3 is 0 Å². The molecule has 125 heavy (non-hydrogen) atoms. The summed E-state index contributed by atoms with van der Waals surface area (Å²) in [7, 11) is 0. The molecule has 0 N–H and O–H groups in total. The molecule has 16 aromatic carbocycles. The first-order valence-electron chi connectivity index (χ1n) is 40.5. The van der Waals surface area contributed by atoms with Crippen LogP contribution in [0.1, 0.15) is 0 Å². The van der Waals surface area contributed by atoms with Crippen LogP contribution in [0.5, 0.6) is 0 Å². The van der Waals surface area contributed by atoms with Gasteiger partial charge < -0.3 is 0 Å². The Labute approximate surface area is 750 Å². The van der Waals surface area contributed by atoms with Gasteiger partial charge in [0.1, 0.15) is 10.3 Å². The minimum Gasteiger partial charge on any atom is -0.248 e. The minimum atomic E-state index is 0.254. The van der Waals surface area contributed by atoms with Gasteiger partial charge in [-0.05, 0) is 125 Å². The number of rotatable bonds is 13. The zero-order valence-corrected chi connectivity index (χ0v) is 70.9. The summed E-state index contributed by atoms with van der Waals surface area (Å²) in [6, 6.07) is 151. The zero-order valence-electron chi connectivity index (χ0n) is 67.1. The van der Waals surface area contributed by atoms with E-state index in [9.17, 15) is 0 Å². The fraction of sp³-hybridized carbons (Fsp3) is 0. The third-order valence-corrected chi connectivity index (χ3v) is 21.7. The van der Waals surface area contributed by atoms with Crippen molar-refractivity contribution in [1.82, 2.24) is 44.9 Å². The topological polar surface area (TPSA) is 116 Å². The van der Waals surface area contributed by atoms with E-state index in [0.29, 0.717) is 27.0 Å². The molecule has 0 unspecified atom stereocenters. The Balaban J connectivity index is 0.000000111. The number of benzene rings is 16. The molecule has 14 heteroatoms. The molecule has 5 heterocycles. The van der Waals surface area contributed by atoms with Crippen LogP contribution in [0.15, 0.2) is 449 Å². The van der Waals surface area contributed by atoms with Gasteiger partial charge in [-0.1, -0.05) is 435 Å². The molecule has 0 fully saturated rings. The quantitative estimate of drug-likeness (QED) is 0.0822. The number of halogens is 5. The molecule has 0 spiro atoms. The lowest BCUT2D eigenvalue weighted by Gasteiger charge is -2.14. The van der Waals surface area contributed by atoms with E-state index in [2.05, 4.69) is 229 Å². The Kier molecular flexibility index (Phi) is 26.3. The summed E-state index contributed by atoms with van der Waals surface area (Å²) in [5.74, 6) is 1.27. The monoisotopic (exact) mass is 1710 g/mol. The van der Waals surface area contributed by atoms with E-state index in [1.807, 2.05) is 249 Å². The Morgan fingerprint density at radius 1 is 0.144 bits per heavy atom. The summed E-state index contributed by atoms with van der Waals surface area (Å²) >= 11 is 31.4. The molecule has 0 amide bonds. The molecule has 598 valence electrons. The molecular formula is C111H74Cl5N9. The van der Waals surface area contributed by atoms with Crippen molar-refractivity contribution in [3.63, 3.8) is 0 Å². The molecule has 0 bridgehead atoms. The molecule has 0 aliphatic carbocycles. The second-order valence-corrected chi connectivity index (χ2v) is 30.9. The highest BCUT2D eigenvalue weighted by molar-refractivity contribution is 6.31. The molecule has 0 radical (unpaired) electrons. The maximum absolute atomic E-state index is 6.61. The lowest BCUT2D eigenvalue weighted by molar-refractivity contribution is 1.18. The lowest BCUT2D eigenvalue weighted by atomic mass is 9.95. The van der Waals surface area contributed by atoms with Crippen LogP contribution >= 0.6 is 58.0 Å². The maximum Gasteiger partial charge on any atom is 0.223 e. The fourth-order valence-corrected chi connectivity index (χ4v) is 15.7. The van der Waals surface area contributed by atoms with Gasteiger partial charge in [0.25, 0.3) is 0 Å². The Bertz CT molecular complexity index is 7010. The minimum absolute atomic E-state index is 0.254. The molecule has 0 atom stereocenters. The van der Waals surface area contributed by atoms with Crippen LogP contribution in [-0.2, 0) is 0 Å². The average molecular weight is 1710 g/mol. The van der Waals surface area contributed by atoms with E-state index < -0.39 is 0 Å². The summed E-state index contributed by atoms with van der Waals surface area (Å²) in [4.78, 5) is 40.7. The van der Waals surface area contributed by atoms with Gasteiger partial charge in [-0.15, -0.1) is 0 Å². The van der Waals surface area contributed by atoms with Crippen LogP contribution in [0.4, 0.5) is 0 Å². The van der Waals surface area contributed by atoms with Crippen LogP contribution in [0.25, 0.3) is 179 Å². The van der Waals surface area contributed by atoms with Gasteiger partial charge in [-0.2, -0.15) is 0 Å². The van der Waals surface area contributed by atoms with Gasteiger partial charge in [0.15, 0.2) is 11.6 Å². The first-order valence-corrected chi connectivity index (χ1v) is 42.4. The number of hydrogen-bond acceptors (Lipinski definition) is 9. The van der Waals surface area contributed by atoms with Crippen LogP contribution in [0.3, 0.4) is 0 Å². The van der Waals surface area contributed by atoms with Crippen molar-refractivity contribution in [2.24, 2.45) is 0 Å². The second kappa shape index (κ2) is 39.8. The number of nitrogens with zero attached hydrogens (tertiary/aromatic N) is 9. The highest BCUT2D eigenvalue weighted by Crippen LogP contribution is 2.39. The molecule has 0 aliphatic heterocycles. The summed E-state index contributed by atoms with van der Waals surface area (Å²) in [6.45, 7) is 0. The van der Waals surface area contributed by atoms with E-state index in [4.69, 9.17) is 68.0 Å². The van der Waals surface area contributed by atoms with Crippen LogP contribution < -0.4 is 0 Å². The molecule has 9 nitrogen and oxygen atoms in total. The lowest BCUT2D eigenvalue weighted by Crippen LogP contribution is -1.93. The second-order valence-electron chi connectivity index (χ2n) is 29.1. The van der Waals surface area contributed by atoms with Crippen LogP contribution in [0.2, 0.25) is 25.9 Å². The number of pyridine rings is 1. The molecule has 0 saturated heterocycles. The number of aromatic nitrogens is 9. The van der Waals surface area contributed by atoms with E-state index in [0.717, 1.165) is 134 Å². The number of hydrogen-bond donors (Lipinski definition) is 0. The van der Waals surface area contributed by atoms with E-state index >= 15 is 0 Å². The Morgan fingerprint density at radius 3 is 0.864 bits per heavy atom. The number of fused-ring (bicyclic) bond motifs is 3. The zero-order chi connectivity index (χ0) is 85.1. The van der Waals surface area contributed by atoms with E-state index in [1.54, 1.807) is 6.07 Å². The van der Waals surface area contributed by atoms with Gasteiger partial charge in [0, 0.05) is 72.8 Å². The SMILES string of the molecule is Clc1cc(-c2cccc3ccccc23)nc(-c2ccccc2)n1.Clc1cc(-c2ccccc2)nc(-c2ccc(-c3ccccc3)cc2)n1.Clc1cc(-c2ccccc2-c2ccccc2)nc(-c2ccccc2-c2ccccc2)c1.Clc1nc(-c2ccc3ccccc3c2)cc(-c2ccc3ccccc3c2)n1.Clc1nc(-c2ccccc2)cc(-c2ccccc2)n1. The summed E-state index contributed by atoms with van der Waals surface area (Å²) in [6.07, 6.45) is 0. The molecule has 0 aliphatic rings. The van der Waals surface area contributed by atoms with Gasteiger partial charge in [0.05, 0.1) is 45.6 Å². The Hall–Kier alpha value is -14.8. The normalized spacial score (nSPS) is 10.8. The van der Waals surface area contributed by atoms with Crippen molar-refractivity contribution in [2.45, 2.75) is 0 Å². The third kappa shape index (κ3) is 20.7. The standard InChI is InChI=1S/C29H20ClN.C24H15ClN2.C22H15ClN2.C20H13ClN2.C16H11ClN2/c30-23-19-28(26-17-9-7-15-24(26)21-11-3-1-4-12-21)31-29(20-23)27-18-10-8-16-25(27)22-13-5-2-6-14-22;25-24-26-22(20-11-9-16-5-1-3-7-18(16)13-20)15-23(27-24)21-12-10-17-6-2-4-8-19(17)14-21;23-21-15-20(18-9-5-2-6-10-18)24-22(25-21)19-13-11-17(12-14-19)16-7-3-1-4-8-16;21-19-13-18(22-20(23-19)15-8-2-1-3-9-15)17-12-6-10-14-7-4-5-11-16(14)17;17-16-18-14(12-7-3-1-4-8-12)11-15(19-16)13-9-5-2-6-10-13/h1-20H;1-15H;1-15H;1-13H;1-11H. The van der Waals surface area contributed by atoms with Crippen LogP contribution in [0, 0.1) is 0 Å². The largest absolute Gasteiger partial charge is 0.248 e. The van der Waals surface area contributed by atoms with Crippen molar-refractivity contribution in [1.29, 1.82) is 0 Å². The van der Waals surface area contributed by atoms with Gasteiger partial charge in [0.2, 0.25) is 10.6 Å². The third-order valence-electron chi connectivity index (χ3n) is 20.8. The molecular weight excluding hydrogens is 1640 g/mol. The predicted molar refractivity (Wildman–Crippen MR) is 521 cm³/mol. The summed E-state index contributed by atoms with van der Waals surface area (Å²) in [5.41, 5.74) is 23.9. The average Bonchev–Trinajstić information content (AvgIpc) is 0.801. The van der Waals surface area contributed by atoms with Crippen molar-refractivity contribution >= 4 is 90.3 Å². The molecule has 21 rings (SSSR count). The smallest absolute Gasteiger partial charge is 0.223 e. The maximum atomic E-state index is 6.61. The highest BCUT2D eigenvalue weighted by atomic mass is 35.5. The molecule has 5 aromatic heterocycles. The Morgan fingerprint density at radius 2 is 0.424 bits per heavy atom. The first-order chi connectivity index (χ1) is 61.5. The van der Waals surface area contributed by atoms with E-state index in [-0.39, 0.29) is 10.6 Å². The molecule has 21 aromatic rings. The van der Waals surface area contributed by atoms with Crippen LogP contribution in [-0.4, -0.2) is 44.9 Å². The first kappa shape index (κ1) is 82.5. The molecule has 0 saturated carbocycles. The van der Waals surface area contributed by atoms with E-state index in [1.165, 1.54) is 32.5 Å².